The zero-order valence-corrected chi connectivity index (χ0v) is 18.5. The highest BCUT2D eigenvalue weighted by atomic mass is 79.9. The number of ether oxygens (including phenoxy) is 1. The van der Waals surface area contributed by atoms with Gasteiger partial charge in [0.25, 0.3) is 0 Å². The standard InChI is InChI=1S/C19H18BrCl3N2O/c1-4-10(5-2)12-6-7-14(22)16-17(12)25(3)19(24-16)26-18-13(20)8-11(21)9-15(18)23/h6-10H,4-5H2,1-3H3. The lowest BCUT2D eigenvalue weighted by molar-refractivity contribution is 0.425. The lowest BCUT2D eigenvalue weighted by Crippen LogP contribution is -2.01. The van der Waals surface area contributed by atoms with Crippen molar-refractivity contribution < 1.29 is 4.74 Å². The van der Waals surface area contributed by atoms with E-state index in [-0.39, 0.29) is 0 Å². The van der Waals surface area contributed by atoms with Crippen molar-refractivity contribution in [1.82, 2.24) is 9.55 Å². The number of hydrogen-bond acceptors (Lipinski definition) is 2. The van der Waals surface area contributed by atoms with Gasteiger partial charge in [0, 0.05) is 12.1 Å². The largest absolute Gasteiger partial charge is 0.423 e. The predicted octanol–water partition coefficient (Wildman–Crippen LogP) is 7.99. The normalized spacial score (nSPS) is 11.5. The van der Waals surface area contributed by atoms with Crippen LogP contribution < -0.4 is 4.74 Å². The molecule has 3 rings (SSSR count). The maximum Gasteiger partial charge on any atom is 0.302 e. The Hall–Kier alpha value is -0.940. The maximum atomic E-state index is 6.41. The summed E-state index contributed by atoms with van der Waals surface area (Å²) in [5, 5.41) is 1.53. The lowest BCUT2D eigenvalue weighted by atomic mass is 9.93. The highest BCUT2D eigenvalue weighted by Gasteiger charge is 2.21. The molecule has 0 bridgehead atoms. The van der Waals surface area contributed by atoms with E-state index in [1.54, 1.807) is 12.1 Å². The van der Waals surface area contributed by atoms with Crippen LogP contribution in [0.4, 0.5) is 0 Å². The molecule has 0 spiro atoms. The third-order valence-corrected chi connectivity index (χ3v) is 5.94. The third-order valence-electron chi connectivity index (χ3n) is 4.54. The Balaban J connectivity index is 2.16. The van der Waals surface area contributed by atoms with Crippen LogP contribution in [0.3, 0.4) is 0 Å². The van der Waals surface area contributed by atoms with E-state index in [2.05, 4.69) is 40.8 Å². The molecule has 0 atom stereocenters. The van der Waals surface area contributed by atoms with Gasteiger partial charge in [-0.3, -0.25) is 4.57 Å². The van der Waals surface area contributed by atoms with Gasteiger partial charge in [0.1, 0.15) is 5.52 Å². The Morgan fingerprint density at radius 2 is 1.81 bits per heavy atom. The number of rotatable bonds is 5. The van der Waals surface area contributed by atoms with Crippen molar-refractivity contribution >= 4 is 61.8 Å². The van der Waals surface area contributed by atoms with Gasteiger partial charge in [-0.15, -0.1) is 0 Å². The van der Waals surface area contributed by atoms with Crippen LogP contribution in [0, 0.1) is 0 Å². The van der Waals surface area contributed by atoms with Gasteiger partial charge < -0.3 is 4.74 Å². The van der Waals surface area contributed by atoms with E-state index in [9.17, 15) is 0 Å². The van der Waals surface area contributed by atoms with Crippen LogP contribution in [0.2, 0.25) is 15.1 Å². The van der Waals surface area contributed by atoms with Crippen LogP contribution in [0.5, 0.6) is 11.8 Å². The summed E-state index contributed by atoms with van der Waals surface area (Å²) in [7, 11) is 1.92. The van der Waals surface area contributed by atoms with Crippen LogP contribution in [0.1, 0.15) is 38.2 Å². The molecule has 0 fully saturated rings. The van der Waals surface area contributed by atoms with Crippen molar-refractivity contribution in [2.75, 3.05) is 0 Å². The van der Waals surface area contributed by atoms with Gasteiger partial charge in [-0.05, 0) is 58.5 Å². The zero-order valence-electron chi connectivity index (χ0n) is 14.6. The molecule has 0 aliphatic carbocycles. The summed E-state index contributed by atoms with van der Waals surface area (Å²) in [6.45, 7) is 4.37. The van der Waals surface area contributed by atoms with Crippen molar-refractivity contribution in [1.29, 1.82) is 0 Å². The number of aromatic nitrogens is 2. The van der Waals surface area contributed by atoms with Crippen molar-refractivity contribution in [2.45, 2.75) is 32.6 Å². The van der Waals surface area contributed by atoms with Crippen LogP contribution >= 0.6 is 50.7 Å². The highest BCUT2D eigenvalue weighted by molar-refractivity contribution is 9.10. The van der Waals surface area contributed by atoms with E-state index in [1.165, 1.54) is 5.56 Å². The smallest absolute Gasteiger partial charge is 0.302 e. The molecule has 0 saturated carbocycles. The SMILES string of the molecule is CCC(CC)c1ccc(Cl)c2nc(Oc3c(Cl)cc(Cl)cc3Br)n(C)c12. The second kappa shape index (κ2) is 7.97. The summed E-state index contributed by atoms with van der Waals surface area (Å²) >= 11 is 22.2. The summed E-state index contributed by atoms with van der Waals surface area (Å²) in [6.07, 6.45) is 2.09. The number of fused-ring (bicyclic) bond motifs is 1. The number of hydrogen-bond donors (Lipinski definition) is 0. The van der Waals surface area contributed by atoms with Crippen LogP contribution in [0.25, 0.3) is 11.0 Å². The molecule has 0 N–H and O–H groups in total. The van der Waals surface area contributed by atoms with E-state index in [1.807, 2.05) is 17.7 Å². The molecular weight excluding hydrogens is 458 g/mol. The third kappa shape index (κ3) is 3.57. The minimum atomic E-state index is 0.405. The van der Waals surface area contributed by atoms with Gasteiger partial charge in [-0.25, -0.2) is 0 Å². The van der Waals surface area contributed by atoms with Gasteiger partial charge in [0.05, 0.1) is 20.0 Å². The van der Waals surface area contributed by atoms with E-state index in [4.69, 9.17) is 39.5 Å². The van der Waals surface area contributed by atoms with Gasteiger partial charge in [0.15, 0.2) is 5.75 Å². The van der Waals surface area contributed by atoms with Crippen LogP contribution in [-0.4, -0.2) is 9.55 Å². The van der Waals surface area contributed by atoms with Gasteiger partial charge in [-0.1, -0.05) is 54.7 Å². The number of aryl methyl sites for hydroxylation is 1. The van der Waals surface area contributed by atoms with E-state index in [0.717, 1.165) is 23.9 Å². The minimum Gasteiger partial charge on any atom is -0.423 e. The Kier molecular flexibility index (Phi) is 6.07. The Morgan fingerprint density at radius 3 is 2.42 bits per heavy atom. The fraction of sp³-hybridized carbons (Fsp3) is 0.316. The molecule has 3 nitrogen and oxygen atoms in total. The summed E-state index contributed by atoms with van der Waals surface area (Å²) in [5.41, 5.74) is 2.94. The molecule has 3 aromatic rings. The Morgan fingerprint density at radius 1 is 1.12 bits per heavy atom. The van der Waals surface area contributed by atoms with Crippen molar-refractivity contribution in [3.63, 3.8) is 0 Å². The van der Waals surface area contributed by atoms with E-state index >= 15 is 0 Å². The molecular formula is C19H18BrCl3N2O. The molecule has 0 aliphatic heterocycles. The Labute approximate surface area is 176 Å². The van der Waals surface area contributed by atoms with Crippen LogP contribution in [-0.2, 0) is 7.05 Å². The first-order valence-electron chi connectivity index (χ1n) is 8.34. The van der Waals surface area contributed by atoms with Gasteiger partial charge in [0.2, 0.25) is 0 Å². The first-order chi connectivity index (χ1) is 12.4. The number of halogens is 4. The Bertz CT molecular complexity index is 944. The maximum absolute atomic E-state index is 6.41. The average molecular weight is 477 g/mol. The first kappa shape index (κ1) is 19.8. The fourth-order valence-corrected chi connectivity index (χ4v) is 4.68. The molecule has 0 amide bonds. The van der Waals surface area contributed by atoms with Crippen molar-refractivity contribution in [3.8, 4) is 11.8 Å². The highest BCUT2D eigenvalue weighted by Crippen LogP contribution is 2.41. The molecule has 1 heterocycles. The van der Waals surface area contributed by atoms with E-state index < -0.39 is 0 Å². The second-order valence-electron chi connectivity index (χ2n) is 6.10. The number of benzene rings is 2. The quantitative estimate of drug-likeness (QED) is 0.373. The molecule has 26 heavy (non-hydrogen) atoms. The topological polar surface area (TPSA) is 27.1 Å². The molecule has 2 aromatic carbocycles. The molecule has 1 aromatic heterocycles. The van der Waals surface area contributed by atoms with Gasteiger partial charge >= 0.3 is 6.01 Å². The molecule has 0 aliphatic rings. The second-order valence-corrected chi connectivity index (χ2v) is 8.21. The summed E-state index contributed by atoms with van der Waals surface area (Å²) in [6, 6.07) is 7.77. The lowest BCUT2D eigenvalue weighted by Gasteiger charge is -2.15. The minimum absolute atomic E-state index is 0.405. The fourth-order valence-electron chi connectivity index (χ4n) is 3.16. The molecule has 0 saturated heterocycles. The summed E-state index contributed by atoms with van der Waals surface area (Å²) in [4.78, 5) is 4.62. The molecule has 7 heteroatoms. The summed E-state index contributed by atoms with van der Waals surface area (Å²) in [5.74, 6) is 0.901. The van der Waals surface area contributed by atoms with E-state index in [0.29, 0.717) is 37.2 Å². The molecule has 0 radical (unpaired) electrons. The van der Waals surface area contributed by atoms with Gasteiger partial charge in [-0.2, -0.15) is 4.98 Å². The summed E-state index contributed by atoms with van der Waals surface area (Å²) < 4.78 is 8.61. The van der Waals surface area contributed by atoms with Crippen molar-refractivity contribution in [2.24, 2.45) is 7.05 Å². The predicted molar refractivity (Wildman–Crippen MR) is 113 cm³/mol. The first-order valence-corrected chi connectivity index (χ1v) is 10.3. The molecule has 0 unspecified atom stereocenters. The van der Waals surface area contributed by atoms with Crippen molar-refractivity contribution in [3.05, 3.63) is 49.4 Å². The van der Waals surface area contributed by atoms with Crippen LogP contribution in [0.15, 0.2) is 28.7 Å². The zero-order chi connectivity index (χ0) is 19.0. The monoisotopic (exact) mass is 474 g/mol. The average Bonchev–Trinajstić information content (AvgIpc) is 2.92. The molecule has 138 valence electrons. The number of imidazole rings is 1. The number of nitrogens with zero attached hydrogens (tertiary/aromatic N) is 2.